The Hall–Kier alpha value is -2.14. The van der Waals surface area contributed by atoms with Gasteiger partial charge in [0.2, 0.25) is 5.43 Å². The zero-order valence-corrected chi connectivity index (χ0v) is 9.35. The molecular weight excluding hydrogens is 240 g/mol. The standard InChI is InChI=1S/C11H7ClN4O/c12-7-1-3-8(4-2-7)16-11-9(5-14-16)10(17)6-13-15-11/h1-6H,(H,15,17). The van der Waals surface area contributed by atoms with Crippen LogP contribution in [0.3, 0.4) is 0 Å². The molecule has 0 saturated heterocycles. The Morgan fingerprint density at radius 2 is 1.94 bits per heavy atom. The number of fused-ring (bicyclic) bond motifs is 1. The van der Waals surface area contributed by atoms with Crippen molar-refractivity contribution in [2.24, 2.45) is 0 Å². The van der Waals surface area contributed by atoms with Gasteiger partial charge in [0, 0.05) is 5.02 Å². The summed E-state index contributed by atoms with van der Waals surface area (Å²) in [6.45, 7) is 0. The van der Waals surface area contributed by atoms with Crippen molar-refractivity contribution in [3.05, 3.63) is 51.9 Å². The summed E-state index contributed by atoms with van der Waals surface area (Å²) >= 11 is 5.82. The number of nitrogens with zero attached hydrogens (tertiary/aromatic N) is 3. The van der Waals surface area contributed by atoms with E-state index < -0.39 is 0 Å². The van der Waals surface area contributed by atoms with Gasteiger partial charge in [-0.3, -0.25) is 9.89 Å². The van der Waals surface area contributed by atoms with Gasteiger partial charge in [0.1, 0.15) is 0 Å². The molecule has 0 fully saturated rings. The minimum Gasteiger partial charge on any atom is -0.287 e. The zero-order chi connectivity index (χ0) is 11.8. The van der Waals surface area contributed by atoms with E-state index in [4.69, 9.17) is 11.6 Å². The Morgan fingerprint density at radius 3 is 2.71 bits per heavy atom. The molecule has 6 heteroatoms. The van der Waals surface area contributed by atoms with Crippen LogP contribution in [0.5, 0.6) is 0 Å². The van der Waals surface area contributed by atoms with Gasteiger partial charge in [0.25, 0.3) is 0 Å². The number of nitrogens with one attached hydrogen (secondary N) is 1. The molecule has 0 aliphatic rings. The molecule has 0 spiro atoms. The second-order valence-electron chi connectivity index (χ2n) is 3.53. The summed E-state index contributed by atoms with van der Waals surface area (Å²) in [7, 11) is 0. The number of hydrogen-bond donors (Lipinski definition) is 1. The van der Waals surface area contributed by atoms with Gasteiger partial charge in [-0.15, -0.1) is 0 Å². The summed E-state index contributed by atoms with van der Waals surface area (Å²) in [6.07, 6.45) is 2.75. The van der Waals surface area contributed by atoms with Crippen LogP contribution in [0.2, 0.25) is 5.02 Å². The van der Waals surface area contributed by atoms with Crippen LogP contribution in [0.1, 0.15) is 0 Å². The van der Waals surface area contributed by atoms with Crippen molar-refractivity contribution in [3.63, 3.8) is 0 Å². The summed E-state index contributed by atoms with van der Waals surface area (Å²) in [5.74, 6) is 0. The van der Waals surface area contributed by atoms with Crippen LogP contribution in [0.4, 0.5) is 0 Å². The zero-order valence-electron chi connectivity index (χ0n) is 8.59. The number of aromatic nitrogens is 4. The second-order valence-corrected chi connectivity index (χ2v) is 3.97. The van der Waals surface area contributed by atoms with Crippen molar-refractivity contribution in [2.45, 2.75) is 0 Å². The number of halogens is 1. The van der Waals surface area contributed by atoms with Crippen LogP contribution in [-0.2, 0) is 0 Å². The van der Waals surface area contributed by atoms with Crippen molar-refractivity contribution in [1.82, 2.24) is 20.0 Å². The van der Waals surface area contributed by atoms with E-state index in [0.29, 0.717) is 16.1 Å². The van der Waals surface area contributed by atoms with Crippen LogP contribution in [0.15, 0.2) is 41.5 Å². The quantitative estimate of drug-likeness (QED) is 0.712. The first-order chi connectivity index (χ1) is 8.25. The summed E-state index contributed by atoms with van der Waals surface area (Å²) in [5, 5.41) is 11.9. The normalized spacial score (nSPS) is 10.9. The average molecular weight is 247 g/mol. The third kappa shape index (κ3) is 1.60. The fourth-order valence-electron chi connectivity index (χ4n) is 1.64. The molecule has 0 radical (unpaired) electrons. The monoisotopic (exact) mass is 246 g/mol. The van der Waals surface area contributed by atoms with E-state index in [1.54, 1.807) is 16.8 Å². The Kier molecular flexibility index (Phi) is 2.19. The molecular formula is C11H7ClN4O. The first-order valence-corrected chi connectivity index (χ1v) is 5.31. The first-order valence-electron chi connectivity index (χ1n) is 4.93. The molecule has 0 unspecified atom stereocenters. The molecule has 3 aromatic rings. The van der Waals surface area contributed by atoms with E-state index in [9.17, 15) is 4.79 Å². The van der Waals surface area contributed by atoms with Gasteiger partial charge in [-0.05, 0) is 24.3 Å². The largest absolute Gasteiger partial charge is 0.287 e. The maximum Gasteiger partial charge on any atom is 0.211 e. The molecule has 0 aliphatic heterocycles. The molecule has 0 amide bonds. The van der Waals surface area contributed by atoms with E-state index in [2.05, 4.69) is 15.3 Å². The minimum atomic E-state index is -0.154. The van der Waals surface area contributed by atoms with Crippen molar-refractivity contribution >= 4 is 22.6 Å². The van der Waals surface area contributed by atoms with Gasteiger partial charge < -0.3 is 0 Å². The fraction of sp³-hybridized carbons (Fsp3) is 0. The molecule has 17 heavy (non-hydrogen) atoms. The SMILES string of the molecule is O=c1cn[nH]c2c1cnn2-c1ccc(Cl)cc1. The maximum atomic E-state index is 11.5. The predicted molar refractivity (Wildman–Crippen MR) is 64.5 cm³/mol. The molecule has 1 aromatic carbocycles. The number of hydrogen-bond acceptors (Lipinski definition) is 3. The molecule has 0 bridgehead atoms. The van der Waals surface area contributed by atoms with Crippen LogP contribution in [0, 0.1) is 0 Å². The number of aromatic amines is 1. The molecule has 0 aliphatic carbocycles. The summed E-state index contributed by atoms with van der Waals surface area (Å²) in [6, 6.07) is 7.16. The van der Waals surface area contributed by atoms with Gasteiger partial charge in [-0.25, -0.2) is 4.68 Å². The number of benzene rings is 1. The maximum absolute atomic E-state index is 11.5. The minimum absolute atomic E-state index is 0.154. The summed E-state index contributed by atoms with van der Waals surface area (Å²) in [4.78, 5) is 11.5. The van der Waals surface area contributed by atoms with Crippen molar-refractivity contribution < 1.29 is 0 Å². The van der Waals surface area contributed by atoms with Gasteiger partial charge in [0.05, 0.1) is 23.5 Å². The van der Waals surface area contributed by atoms with E-state index in [-0.39, 0.29) is 5.43 Å². The molecule has 0 atom stereocenters. The highest BCUT2D eigenvalue weighted by atomic mass is 35.5. The lowest BCUT2D eigenvalue weighted by Crippen LogP contribution is -2.04. The van der Waals surface area contributed by atoms with Gasteiger partial charge in [-0.1, -0.05) is 11.6 Å². The van der Waals surface area contributed by atoms with Crippen LogP contribution < -0.4 is 5.43 Å². The van der Waals surface area contributed by atoms with Gasteiger partial charge in [-0.2, -0.15) is 10.2 Å². The van der Waals surface area contributed by atoms with E-state index in [1.165, 1.54) is 12.4 Å². The van der Waals surface area contributed by atoms with Crippen LogP contribution in [0.25, 0.3) is 16.7 Å². The Bertz CT molecular complexity index is 729. The molecule has 84 valence electrons. The number of rotatable bonds is 1. The first kappa shape index (κ1) is 10.0. The van der Waals surface area contributed by atoms with Crippen LogP contribution in [-0.4, -0.2) is 20.0 Å². The van der Waals surface area contributed by atoms with Gasteiger partial charge in [0.15, 0.2) is 5.65 Å². The topological polar surface area (TPSA) is 63.6 Å². The van der Waals surface area contributed by atoms with E-state index >= 15 is 0 Å². The molecule has 5 nitrogen and oxygen atoms in total. The number of H-pyrrole nitrogens is 1. The van der Waals surface area contributed by atoms with Gasteiger partial charge >= 0.3 is 0 Å². The highest BCUT2D eigenvalue weighted by molar-refractivity contribution is 6.30. The Labute approximate surface area is 101 Å². The van der Waals surface area contributed by atoms with E-state index in [1.807, 2.05) is 12.1 Å². The van der Waals surface area contributed by atoms with Crippen molar-refractivity contribution in [2.75, 3.05) is 0 Å². The highest BCUT2D eigenvalue weighted by Crippen LogP contribution is 2.15. The molecule has 1 N–H and O–H groups in total. The highest BCUT2D eigenvalue weighted by Gasteiger charge is 2.07. The lowest BCUT2D eigenvalue weighted by atomic mass is 10.3. The summed E-state index contributed by atoms with van der Waals surface area (Å²) in [5.41, 5.74) is 1.23. The predicted octanol–water partition coefficient (Wildman–Crippen LogP) is 1.76. The fourth-order valence-corrected chi connectivity index (χ4v) is 1.76. The third-order valence-electron chi connectivity index (χ3n) is 2.46. The van der Waals surface area contributed by atoms with E-state index in [0.717, 1.165) is 5.69 Å². The van der Waals surface area contributed by atoms with Crippen molar-refractivity contribution in [1.29, 1.82) is 0 Å². The molecule has 0 saturated carbocycles. The Balaban J connectivity index is 2.28. The second kappa shape index (κ2) is 3.71. The smallest absolute Gasteiger partial charge is 0.211 e. The molecule has 3 rings (SSSR count). The van der Waals surface area contributed by atoms with Crippen LogP contribution >= 0.6 is 11.6 Å². The lowest BCUT2D eigenvalue weighted by Gasteiger charge is -2.02. The third-order valence-corrected chi connectivity index (χ3v) is 2.71. The van der Waals surface area contributed by atoms with Crippen molar-refractivity contribution in [3.8, 4) is 5.69 Å². The Morgan fingerprint density at radius 1 is 1.18 bits per heavy atom. The summed E-state index contributed by atoms with van der Waals surface area (Å²) < 4.78 is 1.61. The molecule has 2 aromatic heterocycles. The molecule has 2 heterocycles. The lowest BCUT2D eigenvalue weighted by molar-refractivity contribution is 0.879. The average Bonchev–Trinajstić information content (AvgIpc) is 2.75.